The number of nitrogens with one attached hydrogen (secondary N) is 1. The van der Waals surface area contributed by atoms with Gasteiger partial charge in [-0.25, -0.2) is 18.7 Å². The molecule has 1 aliphatic heterocycles. The third kappa shape index (κ3) is 4.00. The molecule has 1 saturated heterocycles. The average Bonchev–Trinajstić information content (AvgIpc) is 3.52. The van der Waals surface area contributed by atoms with Crippen LogP contribution in [-0.2, 0) is 4.79 Å². The molecule has 1 aliphatic carbocycles. The maximum absolute atomic E-state index is 13.4. The number of hydrogen-bond acceptors (Lipinski definition) is 4. The Balaban J connectivity index is 1.52. The van der Waals surface area contributed by atoms with E-state index in [0.717, 1.165) is 43.9 Å². The Hall–Kier alpha value is -2.90. The lowest BCUT2D eigenvalue weighted by Crippen LogP contribution is -2.50. The van der Waals surface area contributed by atoms with Crippen molar-refractivity contribution < 1.29 is 18.4 Å². The van der Waals surface area contributed by atoms with E-state index in [1.165, 1.54) is 4.90 Å². The van der Waals surface area contributed by atoms with E-state index in [2.05, 4.69) is 15.3 Å². The third-order valence-corrected chi connectivity index (χ3v) is 5.03. The number of carbonyl (C=O) groups is 2. The van der Waals surface area contributed by atoms with Gasteiger partial charge in [-0.2, -0.15) is 0 Å². The molecule has 6 nitrogen and oxygen atoms in total. The summed E-state index contributed by atoms with van der Waals surface area (Å²) in [4.78, 5) is 35.8. The van der Waals surface area contributed by atoms with E-state index in [9.17, 15) is 18.4 Å². The van der Waals surface area contributed by atoms with E-state index in [1.54, 1.807) is 12.3 Å². The second-order valence-corrected chi connectivity index (χ2v) is 7.23. The van der Waals surface area contributed by atoms with Crippen LogP contribution >= 0.6 is 0 Å². The molecule has 2 aliphatic rings. The van der Waals surface area contributed by atoms with Crippen molar-refractivity contribution in [2.75, 3.05) is 11.9 Å². The van der Waals surface area contributed by atoms with Crippen molar-refractivity contribution in [3.8, 4) is 0 Å². The first-order valence-electron chi connectivity index (χ1n) is 9.42. The van der Waals surface area contributed by atoms with Gasteiger partial charge in [0, 0.05) is 30.4 Å². The van der Waals surface area contributed by atoms with E-state index >= 15 is 0 Å². The van der Waals surface area contributed by atoms with Crippen molar-refractivity contribution >= 4 is 17.5 Å². The molecule has 2 heterocycles. The largest absolute Gasteiger partial charge is 0.325 e. The minimum atomic E-state index is -0.777. The summed E-state index contributed by atoms with van der Waals surface area (Å²) >= 11 is 0. The third-order valence-electron chi connectivity index (χ3n) is 5.03. The van der Waals surface area contributed by atoms with E-state index in [-0.39, 0.29) is 17.3 Å². The molecule has 1 atom stereocenters. The molecule has 1 saturated carbocycles. The van der Waals surface area contributed by atoms with Crippen molar-refractivity contribution in [1.29, 1.82) is 0 Å². The summed E-state index contributed by atoms with van der Waals surface area (Å²) < 4.78 is 26.8. The first-order valence-corrected chi connectivity index (χ1v) is 9.42. The SMILES string of the molecule is O=C(Nc1cc(F)cc(F)c1)[C@H]1CCCCN1C(=O)c1ccnc(C2CC2)n1. The molecular formula is C20H20F2N4O2. The number of hydrogen-bond donors (Lipinski definition) is 1. The first kappa shape index (κ1) is 18.5. The van der Waals surface area contributed by atoms with Crippen LogP contribution in [0.3, 0.4) is 0 Å². The monoisotopic (exact) mass is 386 g/mol. The summed E-state index contributed by atoms with van der Waals surface area (Å²) in [5.41, 5.74) is 0.298. The maximum Gasteiger partial charge on any atom is 0.273 e. The predicted octanol–water partition coefficient (Wildman–Crippen LogP) is 3.27. The van der Waals surface area contributed by atoms with E-state index < -0.39 is 23.6 Å². The second kappa shape index (κ2) is 7.61. The minimum absolute atomic E-state index is 0.0264. The number of rotatable bonds is 4. The minimum Gasteiger partial charge on any atom is -0.325 e. The van der Waals surface area contributed by atoms with Crippen molar-refractivity contribution in [3.05, 3.63) is 53.6 Å². The van der Waals surface area contributed by atoms with Crippen LogP contribution in [0.1, 0.15) is 54.3 Å². The molecule has 2 amide bonds. The molecule has 0 radical (unpaired) electrons. The fourth-order valence-electron chi connectivity index (χ4n) is 3.48. The quantitative estimate of drug-likeness (QED) is 0.875. The highest BCUT2D eigenvalue weighted by molar-refractivity contribution is 6.00. The molecule has 0 unspecified atom stereocenters. The fourth-order valence-corrected chi connectivity index (χ4v) is 3.48. The first-order chi connectivity index (χ1) is 13.5. The molecule has 28 heavy (non-hydrogen) atoms. The van der Waals surface area contributed by atoms with Crippen LogP contribution in [-0.4, -0.2) is 39.3 Å². The Morgan fingerprint density at radius 3 is 2.54 bits per heavy atom. The number of benzene rings is 1. The summed E-state index contributed by atoms with van der Waals surface area (Å²) in [5.74, 6) is -1.36. The molecular weight excluding hydrogens is 366 g/mol. The average molecular weight is 386 g/mol. The van der Waals surface area contributed by atoms with Gasteiger partial charge in [0.05, 0.1) is 0 Å². The molecule has 4 rings (SSSR count). The smallest absolute Gasteiger partial charge is 0.273 e. The summed E-state index contributed by atoms with van der Waals surface area (Å²) in [7, 11) is 0. The van der Waals surface area contributed by atoms with Gasteiger partial charge < -0.3 is 10.2 Å². The number of halogens is 2. The van der Waals surface area contributed by atoms with Crippen LogP contribution in [0.2, 0.25) is 0 Å². The standard InChI is InChI=1S/C20H20F2N4O2/c21-13-9-14(22)11-15(10-13)24-19(27)17-3-1-2-8-26(17)20(28)16-6-7-23-18(25-16)12-4-5-12/h6-7,9-12,17H,1-5,8H2,(H,24,27)/t17-/m1/s1. The number of aromatic nitrogens is 2. The lowest BCUT2D eigenvalue weighted by atomic mass is 10.0. The van der Waals surface area contributed by atoms with Gasteiger partial charge in [0.1, 0.15) is 29.2 Å². The lowest BCUT2D eigenvalue weighted by Gasteiger charge is -2.34. The number of piperidine rings is 1. The highest BCUT2D eigenvalue weighted by Gasteiger charge is 2.34. The Kier molecular flexibility index (Phi) is 5.02. The molecule has 8 heteroatoms. The molecule has 2 aromatic rings. The highest BCUT2D eigenvalue weighted by atomic mass is 19.1. The zero-order chi connectivity index (χ0) is 19.7. The molecule has 0 bridgehead atoms. The number of amides is 2. The van der Waals surface area contributed by atoms with Crippen molar-refractivity contribution in [2.24, 2.45) is 0 Å². The Morgan fingerprint density at radius 1 is 1.07 bits per heavy atom. The van der Waals surface area contributed by atoms with Gasteiger partial charge in [-0.3, -0.25) is 9.59 Å². The fraction of sp³-hybridized carbons (Fsp3) is 0.400. The Morgan fingerprint density at radius 2 is 1.82 bits per heavy atom. The van der Waals surface area contributed by atoms with E-state index in [4.69, 9.17) is 0 Å². The number of likely N-dealkylation sites (tertiary alicyclic amines) is 1. The van der Waals surface area contributed by atoms with Crippen LogP contribution in [0.25, 0.3) is 0 Å². The highest BCUT2D eigenvalue weighted by Crippen LogP contribution is 2.37. The van der Waals surface area contributed by atoms with Gasteiger partial charge in [-0.05, 0) is 50.3 Å². The van der Waals surface area contributed by atoms with Crippen molar-refractivity contribution in [1.82, 2.24) is 14.9 Å². The van der Waals surface area contributed by atoms with Gasteiger partial charge >= 0.3 is 0 Å². The molecule has 1 aromatic carbocycles. The molecule has 146 valence electrons. The number of anilines is 1. The maximum atomic E-state index is 13.4. The van der Waals surface area contributed by atoms with Gasteiger partial charge in [0.2, 0.25) is 5.91 Å². The van der Waals surface area contributed by atoms with Gasteiger partial charge in [-0.1, -0.05) is 0 Å². The second-order valence-electron chi connectivity index (χ2n) is 7.23. The van der Waals surface area contributed by atoms with Crippen LogP contribution in [0.15, 0.2) is 30.5 Å². The van der Waals surface area contributed by atoms with Crippen LogP contribution in [0, 0.1) is 11.6 Å². The van der Waals surface area contributed by atoms with Crippen LogP contribution < -0.4 is 5.32 Å². The predicted molar refractivity (Wildman–Crippen MR) is 97.7 cm³/mol. The zero-order valence-electron chi connectivity index (χ0n) is 15.2. The van der Waals surface area contributed by atoms with Crippen LogP contribution in [0.5, 0.6) is 0 Å². The summed E-state index contributed by atoms with van der Waals surface area (Å²) in [6.45, 7) is 0.428. The lowest BCUT2D eigenvalue weighted by molar-refractivity contribution is -0.121. The van der Waals surface area contributed by atoms with Gasteiger partial charge in [-0.15, -0.1) is 0 Å². The zero-order valence-corrected chi connectivity index (χ0v) is 15.2. The van der Waals surface area contributed by atoms with Crippen molar-refractivity contribution in [3.63, 3.8) is 0 Å². The van der Waals surface area contributed by atoms with Gasteiger partial charge in [0.15, 0.2) is 0 Å². The summed E-state index contributed by atoms with van der Waals surface area (Å²) in [5, 5.41) is 2.52. The molecule has 1 N–H and O–H groups in total. The molecule has 0 spiro atoms. The van der Waals surface area contributed by atoms with Crippen molar-refractivity contribution in [2.45, 2.75) is 44.1 Å². The van der Waals surface area contributed by atoms with Gasteiger partial charge in [0.25, 0.3) is 5.91 Å². The van der Waals surface area contributed by atoms with E-state index in [0.29, 0.717) is 24.7 Å². The Labute approximate surface area is 161 Å². The van der Waals surface area contributed by atoms with E-state index in [1.807, 2.05) is 0 Å². The summed E-state index contributed by atoms with van der Waals surface area (Å²) in [6, 6.07) is 3.66. The molecule has 1 aromatic heterocycles. The number of carbonyl (C=O) groups excluding carboxylic acids is 2. The topological polar surface area (TPSA) is 75.2 Å². The Bertz CT molecular complexity index is 897. The number of nitrogens with zero attached hydrogens (tertiary/aromatic N) is 3. The summed E-state index contributed by atoms with van der Waals surface area (Å²) in [6.07, 6.45) is 5.67. The van der Waals surface area contributed by atoms with Crippen LogP contribution in [0.4, 0.5) is 14.5 Å². The normalized spacial score (nSPS) is 19.4. The molecule has 2 fully saturated rings.